The van der Waals surface area contributed by atoms with E-state index >= 15 is 0 Å². The van der Waals surface area contributed by atoms with Crippen LogP contribution in [-0.2, 0) is 12.7 Å². The Morgan fingerprint density at radius 3 is 2.55 bits per heavy atom. The Balaban J connectivity index is 1.54. The molecule has 4 heteroatoms. The van der Waals surface area contributed by atoms with Gasteiger partial charge in [-0.3, -0.25) is 0 Å². The highest BCUT2D eigenvalue weighted by Crippen LogP contribution is 2.40. The minimum atomic E-state index is -4.25. The zero-order chi connectivity index (χ0) is 15.6. The van der Waals surface area contributed by atoms with E-state index < -0.39 is 11.7 Å². The lowest BCUT2D eigenvalue weighted by molar-refractivity contribution is -0.137. The molecule has 22 heavy (non-hydrogen) atoms. The number of hydrogen-bond donors (Lipinski definition) is 1. The molecular weight excluding hydrogens is 287 g/mol. The second-order valence-electron chi connectivity index (χ2n) is 6.89. The first-order chi connectivity index (χ1) is 10.5. The van der Waals surface area contributed by atoms with E-state index in [9.17, 15) is 13.2 Å². The number of rotatable bonds is 3. The number of fused-ring (bicyclic) bond motifs is 1. The van der Waals surface area contributed by atoms with Gasteiger partial charge in [-0.15, -0.1) is 0 Å². The summed E-state index contributed by atoms with van der Waals surface area (Å²) in [4.78, 5) is 0. The Hall–Kier alpha value is -1.03. The number of benzene rings is 1. The van der Waals surface area contributed by atoms with Gasteiger partial charge in [-0.05, 0) is 42.7 Å². The summed E-state index contributed by atoms with van der Waals surface area (Å²) in [6.07, 6.45) is 4.84. The Morgan fingerprint density at radius 2 is 1.77 bits per heavy atom. The molecule has 3 unspecified atom stereocenters. The molecular formula is C18H24F3N. The monoisotopic (exact) mass is 311 g/mol. The summed E-state index contributed by atoms with van der Waals surface area (Å²) in [5, 5.41) is 3.48. The second kappa shape index (κ2) is 6.61. The molecule has 0 radical (unpaired) electrons. The van der Waals surface area contributed by atoms with Crippen LogP contribution in [0.1, 0.15) is 56.1 Å². The maximum Gasteiger partial charge on any atom is 0.416 e. The van der Waals surface area contributed by atoms with E-state index in [-0.39, 0.29) is 0 Å². The van der Waals surface area contributed by atoms with Crippen LogP contribution < -0.4 is 5.32 Å². The maximum atomic E-state index is 12.7. The van der Waals surface area contributed by atoms with Gasteiger partial charge in [0.25, 0.3) is 0 Å². The predicted octanol–water partition coefficient (Wildman–Crippen LogP) is 5.15. The van der Waals surface area contributed by atoms with Gasteiger partial charge in [0.15, 0.2) is 0 Å². The van der Waals surface area contributed by atoms with Gasteiger partial charge in [0, 0.05) is 12.6 Å². The van der Waals surface area contributed by atoms with Crippen LogP contribution in [0.3, 0.4) is 0 Å². The lowest BCUT2D eigenvalue weighted by Gasteiger charge is -2.39. The van der Waals surface area contributed by atoms with Gasteiger partial charge in [0.1, 0.15) is 0 Å². The number of alkyl halides is 3. The van der Waals surface area contributed by atoms with E-state index in [1.807, 2.05) is 0 Å². The molecule has 3 atom stereocenters. The fraction of sp³-hybridized carbons (Fsp3) is 0.667. The van der Waals surface area contributed by atoms with Crippen LogP contribution >= 0.6 is 0 Å². The second-order valence-corrected chi connectivity index (χ2v) is 6.89. The summed E-state index contributed by atoms with van der Waals surface area (Å²) in [6, 6.07) is 6.14. The van der Waals surface area contributed by atoms with Crippen LogP contribution in [-0.4, -0.2) is 6.04 Å². The third-order valence-electron chi connectivity index (χ3n) is 5.39. The fourth-order valence-electron chi connectivity index (χ4n) is 4.18. The molecule has 0 heterocycles. The molecule has 2 aliphatic carbocycles. The minimum absolute atomic E-state index is 0.467. The predicted molar refractivity (Wildman–Crippen MR) is 81.4 cm³/mol. The third-order valence-corrected chi connectivity index (χ3v) is 5.39. The van der Waals surface area contributed by atoms with Gasteiger partial charge in [-0.2, -0.15) is 13.2 Å². The lowest BCUT2D eigenvalue weighted by Crippen LogP contribution is -2.38. The molecule has 122 valence electrons. The van der Waals surface area contributed by atoms with Crippen molar-refractivity contribution in [2.45, 2.75) is 63.7 Å². The Labute approximate surface area is 130 Å². The van der Waals surface area contributed by atoms with E-state index in [2.05, 4.69) is 5.32 Å². The number of halogens is 3. The molecule has 0 saturated heterocycles. The zero-order valence-corrected chi connectivity index (χ0v) is 12.8. The smallest absolute Gasteiger partial charge is 0.310 e. The van der Waals surface area contributed by atoms with E-state index in [1.54, 1.807) is 6.07 Å². The first-order valence-electron chi connectivity index (χ1n) is 8.42. The minimum Gasteiger partial charge on any atom is -0.310 e. The molecule has 2 fully saturated rings. The van der Waals surface area contributed by atoms with Crippen molar-refractivity contribution in [2.24, 2.45) is 11.8 Å². The van der Waals surface area contributed by atoms with Crippen LogP contribution in [0.5, 0.6) is 0 Å². The molecule has 0 amide bonds. The first kappa shape index (κ1) is 15.9. The molecule has 1 N–H and O–H groups in total. The highest BCUT2D eigenvalue weighted by Gasteiger charge is 2.32. The lowest BCUT2D eigenvalue weighted by atomic mass is 9.69. The average Bonchev–Trinajstić information content (AvgIpc) is 2.52. The van der Waals surface area contributed by atoms with Crippen LogP contribution in [0.25, 0.3) is 0 Å². The highest BCUT2D eigenvalue weighted by atomic mass is 19.4. The van der Waals surface area contributed by atoms with Gasteiger partial charge in [0.05, 0.1) is 5.56 Å². The summed E-state index contributed by atoms with van der Waals surface area (Å²) in [5.74, 6) is 1.74. The van der Waals surface area contributed by atoms with Crippen LogP contribution in [0, 0.1) is 11.8 Å². The van der Waals surface area contributed by atoms with Crippen molar-refractivity contribution in [2.75, 3.05) is 0 Å². The highest BCUT2D eigenvalue weighted by molar-refractivity contribution is 5.25. The summed E-state index contributed by atoms with van der Waals surface area (Å²) >= 11 is 0. The Morgan fingerprint density at radius 1 is 1.00 bits per heavy atom. The van der Waals surface area contributed by atoms with Crippen molar-refractivity contribution in [3.05, 3.63) is 35.4 Å². The molecule has 0 bridgehead atoms. The van der Waals surface area contributed by atoms with Crippen molar-refractivity contribution < 1.29 is 13.2 Å². The zero-order valence-electron chi connectivity index (χ0n) is 12.8. The SMILES string of the molecule is FC(F)(F)c1cccc(CNC2CCC3CCCCC3C2)c1. The summed E-state index contributed by atoms with van der Waals surface area (Å²) in [5.41, 5.74) is 0.170. The van der Waals surface area contributed by atoms with E-state index in [0.717, 1.165) is 23.5 Å². The average molecular weight is 311 g/mol. The first-order valence-corrected chi connectivity index (χ1v) is 8.42. The van der Waals surface area contributed by atoms with Crippen molar-refractivity contribution in [3.8, 4) is 0 Å². The van der Waals surface area contributed by atoms with Gasteiger partial charge < -0.3 is 5.32 Å². The topological polar surface area (TPSA) is 12.0 Å². The van der Waals surface area contributed by atoms with Gasteiger partial charge >= 0.3 is 6.18 Å². The van der Waals surface area contributed by atoms with E-state index in [0.29, 0.717) is 12.6 Å². The summed E-state index contributed by atoms with van der Waals surface area (Å²) < 4.78 is 38.2. The summed E-state index contributed by atoms with van der Waals surface area (Å²) in [7, 11) is 0. The Bertz CT molecular complexity index is 497. The van der Waals surface area contributed by atoms with Gasteiger partial charge in [-0.1, -0.05) is 43.9 Å². The quantitative estimate of drug-likeness (QED) is 0.813. The third kappa shape index (κ3) is 3.83. The van der Waals surface area contributed by atoms with Crippen molar-refractivity contribution in [3.63, 3.8) is 0 Å². The van der Waals surface area contributed by atoms with Crippen molar-refractivity contribution >= 4 is 0 Å². The molecule has 1 aromatic rings. The number of nitrogens with one attached hydrogen (secondary N) is 1. The van der Waals surface area contributed by atoms with Crippen LogP contribution in [0.2, 0.25) is 0 Å². The number of hydrogen-bond acceptors (Lipinski definition) is 1. The molecule has 2 aliphatic rings. The molecule has 2 saturated carbocycles. The fourth-order valence-corrected chi connectivity index (χ4v) is 4.18. The van der Waals surface area contributed by atoms with Crippen LogP contribution in [0.15, 0.2) is 24.3 Å². The molecule has 0 aromatic heterocycles. The molecule has 0 spiro atoms. The van der Waals surface area contributed by atoms with Crippen LogP contribution in [0.4, 0.5) is 13.2 Å². The molecule has 1 aromatic carbocycles. The van der Waals surface area contributed by atoms with E-state index in [1.165, 1.54) is 57.1 Å². The molecule has 0 aliphatic heterocycles. The molecule has 1 nitrogen and oxygen atoms in total. The normalized spacial score (nSPS) is 29.1. The van der Waals surface area contributed by atoms with E-state index in [4.69, 9.17) is 0 Å². The van der Waals surface area contributed by atoms with Gasteiger partial charge in [-0.25, -0.2) is 0 Å². The summed E-state index contributed by atoms with van der Waals surface area (Å²) in [6.45, 7) is 0.534. The van der Waals surface area contributed by atoms with Crippen molar-refractivity contribution in [1.82, 2.24) is 5.32 Å². The Kier molecular flexibility index (Phi) is 4.76. The maximum absolute atomic E-state index is 12.7. The van der Waals surface area contributed by atoms with Crippen molar-refractivity contribution in [1.29, 1.82) is 0 Å². The standard InChI is InChI=1S/C18H24F3N/c19-18(20,21)16-7-3-4-13(10-16)12-22-17-9-8-14-5-1-2-6-15(14)11-17/h3-4,7,10,14-15,17,22H,1-2,5-6,8-9,11-12H2. The largest absolute Gasteiger partial charge is 0.416 e. The van der Waals surface area contributed by atoms with Gasteiger partial charge in [0.2, 0.25) is 0 Å². The molecule has 3 rings (SSSR count).